The normalized spacial score (nSPS) is 13.8. The van der Waals surface area contributed by atoms with Crippen molar-refractivity contribution in [2.24, 2.45) is 0 Å². The highest BCUT2D eigenvalue weighted by Gasteiger charge is 2.68. The van der Waals surface area contributed by atoms with E-state index in [1.54, 1.807) is 0 Å². The highest BCUT2D eigenvalue weighted by atomic mass is 28.4. The predicted octanol–water partition coefficient (Wildman–Crippen LogP) is 7.28. The van der Waals surface area contributed by atoms with Crippen molar-refractivity contribution in [3.63, 3.8) is 0 Å². The number of nitrogens with zero attached hydrogens (tertiary/aromatic N) is 7. The molecule has 65 heavy (non-hydrogen) atoms. The summed E-state index contributed by atoms with van der Waals surface area (Å²) in [5, 5.41) is 13.2. The molecule has 7 aromatic carbocycles. The summed E-state index contributed by atoms with van der Waals surface area (Å²) in [4.78, 5) is 15.0. The fourth-order valence-electron chi connectivity index (χ4n) is 11.5. The summed E-state index contributed by atoms with van der Waals surface area (Å²) in [5.74, 6) is 2.49. The van der Waals surface area contributed by atoms with E-state index in [1.807, 2.05) is 0 Å². The summed E-state index contributed by atoms with van der Waals surface area (Å²) in [5.41, 5.74) is 8.64. The first-order valence-electron chi connectivity index (χ1n) is 21.8. The molecule has 0 N–H and O–H groups in total. The Morgan fingerprint density at radius 2 is 1.06 bits per heavy atom. The fourth-order valence-corrected chi connectivity index (χ4v) is 28.8. The van der Waals surface area contributed by atoms with Crippen molar-refractivity contribution in [1.29, 1.82) is 0 Å². The quantitative estimate of drug-likeness (QED) is 0.110. The molecule has 0 saturated heterocycles. The second-order valence-electron chi connectivity index (χ2n) is 17.9. The zero-order valence-electron chi connectivity index (χ0n) is 36.3. The number of fused-ring (bicyclic) bond motifs is 7. The van der Waals surface area contributed by atoms with E-state index < -0.39 is 28.9 Å². The van der Waals surface area contributed by atoms with E-state index in [9.17, 15) is 0 Å². The first-order valence-corrected chi connectivity index (χ1v) is 29.8. The fraction of sp³-hybridized carbons (Fsp3) is 0.0962. The standard InChI is InChI=1S/C52H43N7O3Si3/c1-63(2,50-53-34-55-61-50)52(64(3,4)51-54-35-56-62-51)40-25-11-16-31-46(40)60-48-41(52)26-18-32-47(48)65(37-20-7-5-8-21-37,38-22-9-6-10-23-38)39-24-17-19-36(33-39)58-44-29-14-15-30-45(44)59-43-28-13-12-27-42(43)57-49(58)59/h5-35H,1-4H3. The topological polar surface area (TPSA) is 109 Å². The Morgan fingerprint density at radius 3 is 1.72 bits per heavy atom. The van der Waals surface area contributed by atoms with Crippen molar-refractivity contribution in [2.75, 3.05) is 0 Å². The highest BCUT2D eigenvalue weighted by Crippen LogP contribution is 2.56. The first kappa shape index (κ1) is 39.2. The van der Waals surface area contributed by atoms with Gasteiger partial charge >= 0.3 is 0 Å². The average molecular weight is 898 g/mol. The van der Waals surface area contributed by atoms with E-state index in [1.165, 1.54) is 28.2 Å². The van der Waals surface area contributed by atoms with Gasteiger partial charge in [0.1, 0.15) is 11.5 Å². The van der Waals surface area contributed by atoms with Crippen LogP contribution in [0.25, 0.3) is 33.5 Å². The SMILES string of the molecule is C[Si](C)(c1ncno1)C1([Si](C)(C)c2ncno2)c2ccccc2Oc2c1cccc2[Si](c1ccccc1)(c1ccccc1)c1cccc(-n2c3ccccc3n3c4ccccc4nc23)c1. The maximum Gasteiger partial charge on any atom is 0.220 e. The third-order valence-electron chi connectivity index (χ3n) is 14.1. The molecule has 1 aliphatic heterocycles. The van der Waals surface area contributed by atoms with Gasteiger partial charge in [0.2, 0.25) is 5.78 Å². The minimum absolute atomic E-state index is 0.643. The summed E-state index contributed by atoms with van der Waals surface area (Å²) in [6.45, 7) is 9.36. The molecular formula is C52H43N7O3Si3. The van der Waals surface area contributed by atoms with Gasteiger partial charge in [0.15, 0.2) is 47.9 Å². The molecule has 4 aromatic heterocycles. The van der Waals surface area contributed by atoms with Gasteiger partial charge in [0.05, 0.1) is 22.1 Å². The number of hydrogen-bond donors (Lipinski definition) is 0. The summed E-state index contributed by atoms with van der Waals surface area (Å²) in [6.07, 6.45) is 3.04. The number of imidazole rings is 2. The van der Waals surface area contributed by atoms with E-state index in [-0.39, 0.29) is 0 Å². The number of rotatable bonds is 9. The van der Waals surface area contributed by atoms with Crippen LogP contribution >= 0.6 is 0 Å². The van der Waals surface area contributed by atoms with Crippen LogP contribution in [0.2, 0.25) is 26.2 Å². The third kappa shape index (κ3) is 5.34. The summed E-state index contributed by atoms with van der Waals surface area (Å²) < 4.78 is 23.7. The number of aromatic nitrogens is 7. The minimum atomic E-state index is -3.36. The third-order valence-corrected chi connectivity index (χ3v) is 30.0. The van der Waals surface area contributed by atoms with E-state index in [0.717, 1.165) is 61.3 Å². The second kappa shape index (κ2) is 14.5. The van der Waals surface area contributed by atoms with Crippen LogP contribution < -0.4 is 36.5 Å². The zero-order valence-corrected chi connectivity index (χ0v) is 39.3. The van der Waals surface area contributed by atoms with Gasteiger partial charge in [0.25, 0.3) is 0 Å². The Morgan fingerprint density at radius 1 is 0.508 bits per heavy atom. The van der Waals surface area contributed by atoms with Crippen molar-refractivity contribution in [1.82, 2.24) is 34.2 Å². The van der Waals surface area contributed by atoms with Gasteiger partial charge in [-0.3, -0.25) is 8.97 Å². The lowest BCUT2D eigenvalue weighted by Crippen LogP contribution is -2.77. The molecular weight excluding hydrogens is 855 g/mol. The predicted molar refractivity (Wildman–Crippen MR) is 263 cm³/mol. The molecule has 0 saturated carbocycles. The molecule has 316 valence electrons. The van der Waals surface area contributed by atoms with Crippen LogP contribution in [-0.4, -0.2) is 58.5 Å². The number of benzene rings is 7. The van der Waals surface area contributed by atoms with Gasteiger partial charge in [-0.2, -0.15) is 0 Å². The van der Waals surface area contributed by atoms with E-state index in [4.69, 9.17) is 28.7 Å². The van der Waals surface area contributed by atoms with Crippen LogP contribution in [0.15, 0.2) is 198 Å². The lowest BCUT2D eigenvalue weighted by Gasteiger charge is -2.54. The van der Waals surface area contributed by atoms with Gasteiger partial charge in [-0.05, 0) is 63.2 Å². The smallest absolute Gasteiger partial charge is 0.220 e. The molecule has 0 radical (unpaired) electrons. The van der Waals surface area contributed by atoms with Gasteiger partial charge in [0, 0.05) is 21.5 Å². The monoisotopic (exact) mass is 897 g/mol. The Balaban J connectivity index is 1.22. The maximum absolute atomic E-state index is 7.54. The van der Waals surface area contributed by atoms with Gasteiger partial charge in [-0.25, -0.2) is 15.0 Å². The van der Waals surface area contributed by atoms with Crippen LogP contribution in [0.5, 0.6) is 11.5 Å². The average Bonchev–Trinajstić information content (AvgIpc) is 4.19. The van der Waals surface area contributed by atoms with Crippen LogP contribution in [0.3, 0.4) is 0 Å². The molecule has 0 bridgehead atoms. The zero-order chi connectivity index (χ0) is 44.0. The Labute approximate surface area is 377 Å². The van der Waals surface area contributed by atoms with Crippen molar-refractivity contribution < 1.29 is 13.8 Å². The largest absolute Gasteiger partial charge is 0.457 e. The second-order valence-corrected chi connectivity index (χ2v) is 31.0. The highest BCUT2D eigenvalue weighted by molar-refractivity contribution is 7.20. The molecule has 10 nitrogen and oxygen atoms in total. The van der Waals surface area contributed by atoms with Gasteiger partial charge < -0.3 is 13.8 Å². The van der Waals surface area contributed by atoms with Gasteiger partial charge in [-0.1, -0.05) is 170 Å². The molecule has 0 spiro atoms. The summed E-state index contributed by atoms with van der Waals surface area (Å²) >= 11 is 0. The lowest BCUT2D eigenvalue weighted by molar-refractivity contribution is 0.430. The van der Waals surface area contributed by atoms with E-state index in [0.29, 0.717) is 11.0 Å². The van der Waals surface area contributed by atoms with Crippen molar-refractivity contribution in [3.8, 4) is 17.2 Å². The van der Waals surface area contributed by atoms with E-state index >= 15 is 0 Å². The molecule has 0 unspecified atom stereocenters. The van der Waals surface area contributed by atoms with Crippen molar-refractivity contribution in [3.05, 3.63) is 200 Å². The van der Waals surface area contributed by atoms with Crippen LogP contribution in [0, 0.1) is 0 Å². The molecule has 12 rings (SSSR count). The number of hydrogen-bond acceptors (Lipinski definition) is 8. The molecule has 0 fully saturated rings. The Kier molecular flexibility index (Phi) is 8.76. The van der Waals surface area contributed by atoms with Crippen LogP contribution in [-0.2, 0) is 4.66 Å². The van der Waals surface area contributed by atoms with Crippen LogP contribution in [0.4, 0.5) is 0 Å². The van der Waals surface area contributed by atoms with Gasteiger partial charge in [-0.15, -0.1) is 0 Å². The minimum Gasteiger partial charge on any atom is -0.457 e. The Hall–Kier alpha value is -7.46. The molecule has 13 heteroatoms. The molecule has 0 amide bonds. The molecule has 1 aliphatic rings. The molecule has 0 atom stereocenters. The van der Waals surface area contributed by atoms with Crippen molar-refractivity contribution >= 4 is 83.8 Å². The summed E-state index contributed by atoms with van der Waals surface area (Å²) in [7, 11) is -9.33. The van der Waals surface area contributed by atoms with Crippen molar-refractivity contribution in [2.45, 2.75) is 30.8 Å². The number of para-hydroxylation sites is 6. The summed E-state index contributed by atoms with van der Waals surface area (Å²) in [6, 6.07) is 63.4. The maximum atomic E-state index is 7.54. The Bertz CT molecular complexity index is 3470. The molecule has 11 aromatic rings. The van der Waals surface area contributed by atoms with Crippen LogP contribution in [0.1, 0.15) is 11.1 Å². The first-order chi connectivity index (χ1) is 31.8. The van der Waals surface area contributed by atoms with E-state index in [2.05, 4.69) is 221 Å². The molecule has 5 heterocycles. The number of ether oxygens (including phenoxy) is 1. The lowest BCUT2D eigenvalue weighted by atomic mass is 9.98. The molecule has 0 aliphatic carbocycles.